The number of halogens is 1. The molecule has 1 atom stereocenters. The molecule has 0 unspecified atom stereocenters. The lowest BCUT2D eigenvalue weighted by Gasteiger charge is -2.29. The first-order valence-corrected chi connectivity index (χ1v) is 9.09. The largest absolute Gasteiger partial charge is 0.489 e. The van der Waals surface area contributed by atoms with Crippen LogP contribution >= 0.6 is 0 Å². The fourth-order valence-electron chi connectivity index (χ4n) is 3.56. The van der Waals surface area contributed by atoms with Crippen LogP contribution in [0.25, 0.3) is 0 Å². The van der Waals surface area contributed by atoms with E-state index >= 15 is 0 Å². The van der Waals surface area contributed by atoms with Gasteiger partial charge in [0.2, 0.25) is 0 Å². The van der Waals surface area contributed by atoms with Gasteiger partial charge in [-0.1, -0.05) is 0 Å². The molecule has 28 heavy (non-hydrogen) atoms. The number of hydrogen-bond acceptors (Lipinski definition) is 5. The summed E-state index contributed by atoms with van der Waals surface area (Å²) in [4.78, 5) is 12.0. The van der Waals surface area contributed by atoms with Gasteiger partial charge in [-0.25, -0.2) is 4.39 Å². The molecule has 1 fully saturated rings. The van der Waals surface area contributed by atoms with Crippen LogP contribution in [0.1, 0.15) is 11.6 Å². The molecule has 0 bridgehead atoms. The minimum Gasteiger partial charge on any atom is -0.489 e. The lowest BCUT2D eigenvalue weighted by molar-refractivity contribution is -0.933. The number of nitro groups is 1. The predicted octanol–water partition coefficient (Wildman–Crippen LogP) is 2.05. The molecule has 2 aliphatic heterocycles. The van der Waals surface area contributed by atoms with Crippen LogP contribution in [0.15, 0.2) is 54.3 Å². The number of morpholine rings is 1. The number of fused-ring (bicyclic) bond motifs is 1. The molecule has 0 saturated carbocycles. The Hall–Kier alpha value is -2.97. The van der Waals surface area contributed by atoms with Crippen molar-refractivity contribution in [1.82, 2.24) is 0 Å². The highest BCUT2D eigenvalue weighted by molar-refractivity contribution is 5.50. The van der Waals surface area contributed by atoms with Crippen LogP contribution in [-0.4, -0.2) is 37.8 Å². The third-order valence-electron chi connectivity index (χ3n) is 4.92. The van der Waals surface area contributed by atoms with Gasteiger partial charge in [-0.05, 0) is 36.4 Å². The maximum Gasteiger partial charge on any atom is 0.270 e. The Labute approximate surface area is 161 Å². The van der Waals surface area contributed by atoms with Crippen molar-refractivity contribution >= 4 is 5.69 Å². The second kappa shape index (κ2) is 7.95. The maximum atomic E-state index is 13.0. The standard InChI is InChI=1S/C20H19FN2O5/c21-14-1-4-16(5-2-14)27-10-7-19-20(22-8-11-26-12-9-22)17-13-15(23(24)25)3-6-18(17)28-19/h1-7,13,20H,8-12H2/p+1/b19-7-/t20-/m1/s1. The van der Waals surface area contributed by atoms with Crippen molar-refractivity contribution < 1.29 is 28.4 Å². The van der Waals surface area contributed by atoms with Gasteiger partial charge in [0.1, 0.15) is 37.0 Å². The van der Waals surface area contributed by atoms with E-state index in [-0.39, 0.29) is 24.2 Å². The van der Waals surface area contributed by atoms with Crippen molar-refractivity contribution in [3.05, 3.63) is 75.8 Å². The van der Waals surface area contributed by atoms with E-state index in [1.807, 2.05) is 6.08 Å². The van der Waals surface area contributed by atoms with E-state index in [0.717, 1.165) is 18.7 Å². The van der Waals surface area contributed by atoms with Crippen molar-refractivity contribution in [2.24, 2.45) is 0 Å². The van der Waals surface area contributed by atoms with E-state index < -0.39 is 4.92 Å². The van der Waals surface area contributed by atoms with E-state index in [4.69, 9.17) is 14.2 Å². The minimum atomic E-state index is -0.397. The van der Waals surface area contributed by atoms with Gasteiger partial charge < -0.3 is 19.1 Å². The molecule has 0 aromatic heterocycles. The van der Waals surface area contributed by atoms with Crippen LogP contribution in [0.3, 0.4) is 0 Å². The first kappa shape index (κ1) is 18.4. The molecule has 1 saturated heterocycles. The van der Waals surface area contributed by atoms with Gasteiger partial charge in [-0.3, -0.25) is 10.1 Å². The summed E-state index contributed by atoms with van der Waals surface area (Å²) in [5, 5.41) is 11.2. The first-order chi connectivity index (χ1) is 13.6. The Kier molecular flexibility index (Phi) is 5.23. The zero-order valence-electron chi connectivity index (χ0n) is 15.1. The number of nitrogens with one attached hydrogen (secondary N) is 1. The molecule has 2 aromatic carbocycles. The maximum absolute atomic E-state index is 13.0. The van der Waals surface area contributed by atoms with Crippen LogP contribution in [0.5, 0.6) is 11.5 Å². The van der Waals surface area contributed by atoms with Crippen LogP contribution in [0.2, 0.25) is 0 Å². The molecule has 0 amide bonds. The quantitative estimate of drug-likeness (QED) is 0.628. The summed E-state index contributed by atoms with van der Waals surface area (Å²) >= 11 is 0. The Morgan fingerprint density at radius 3 is 2.68 bits per heavy atom. The second-order valence-electron chi connectivity index (χ2n) is 6.66. The van der Waals surface area contributed by atoms with E-state index in [1.54, 1.807) is 24.3 Å². The van der Waals surface area contributed by atoms with Crippen molar-refractivity contribution in [3.63, 3.8) is 0 Å². The number of nitro benzene ring substituents is 1. The number of ether oxygens (including phenoxy) is 3. The third-order valence-corrected chi connectivity index (χ3v) is 4.92. The molecule has 0 aliphatic carbocycles. The minimum absolute atomic E-state index is 0.0452. The Bertz CT molecular complexity index is 894. The van der Waals surface area contributed by atoms with E-state index in [2.05, 4.69) is 0 Å². The normalized spacial score (nSPS) is 20.6. The SMILES string of the molecule is O=[N+]([O-])c1ccc2c(c1)[C@@H]([NH+]1CCOCC1)/C(=C/COc1ccc(F)cc1)O2. The summed E-state index contributed by atoms with van der Waals surface area (Å²) < 4.78 is 30.1. The van der Waals surface area contributed by atoms with Crippen LogP contribution in [0.4, 0.5) is 10.1 Å². The van der Waals surface area contributed by atoms with Crippen LogP contribution in [-0.2, 0) is 4.74 Å². The van der Waals surface area contributed by atoms with E-state index in [9.17, 15) is 14.5 Å². The molecule has 2 heterocycles. The van der Waals surface area contributed by atoms with Crippen molar-refractivity contribution in [2.75, 3.05) is 32.9 Å². The molecule has 4 rings (SSSR count). The number of quaternary nitrogens is 1. The molecule has 0 radical (unpaired) electrons. The van der Waals surface area contributed by atoms with Gasteiger partial charge in [-0.2, -0.15) is 0 Å². The molecule has 8 heteroatoms. The van der Waals surface area contributed by atoms with Gasteiger partial charge in [-0.15, -0.1) is 0 Å². The van der Waals surface area contributed by atoms with Gasteiger partial charge >= 0.3 is 0 Å². The van der Waals surface area contributed by atoms with E-state index in [0.29, 0.717) is 30.5 Å². The number of hydrogen-bond donors (Lipinski definition) is 1. The number of rotatable bonds is 5. The van der Waals surface area contributed by atoms with E-state index in [1.165, 1.54) is 23.1 Å². The molecule has 146 valence electrons. The molecular weight excluding hydrogens is 367 g/mol. The summed E-state index contributed by atoms with van der Waals surface area (Å²) in [6.07, 6.45) is 1.84. The monoisotopic (exact) mass is 387 g/mol. The first-order valence-electron chi connectivity index (χ1n) is 9.09. The predicted molar refractivity (Wildman–Crippen MR) is 98.0 cm³/mol. The lowest BCUT2D eigenvalue weighted by Crippen LogP contribution is -3.14. The second-order valence-corrected chi connectivity index (χ2v) is 6.66. The fourth-order valence-corrected chi connectivity index (χ4v) is 3.56. The van der Waals surface area contributed by atoms with Crippen molar-refractivity contribution in [1.29, 1.82) is 0 Å². The van der Waals surface area contributed by atoms with Gasteiger partial charge in [0, 0.05) is 12.1 Å². The van der Waals surface area contributed by atoms with Gasteiger partial charge in [0.15, 0.2) is 11.8 Å². The van der Waals surface area contributed by atoms with Crippen molar-refractivity contribution in [2.45, 2.75) is 6.04 Å². The summed E-state index contributed by atoms with van der Waals surface area (Å²) in [6, 6.07) is 10.3. The zero-order chi connectivity index (χ0) is 19.5. The third kappa shape index (κ3) is 3.83. The Morgan fingerprint density at radius 1 is 1.21 bits per heavy atom. The zero-order valence-corrected chi connectivity index (χ0v) is 15.1. The molecule has 0 spiro atoms. The molecular formula is C20H20FN2O5+. The smallest absolute Gasteiger partial charge is 0.270 e. The average Bonchev–Trinajstić information content (AvgIpc) is 3.07. The highest BCUT2D eigenvalue weighted by Crippen LogP contribution is 2.39. The van der Waals surface area contributed by atoms with Gasteiger partial charge in [0.25, 0.3) is 5.69 Å². The fraction of sp³-hybridized carbons (Fsp3) is 0.300. The summed E-state index contributed by atoms with van der Waals surface area (Å²) in [5.41, 5.74) is 0.850. The number of benzene rings is 2. The molecule has 2 aromatic rings. The number of nitrogens with zero attached hydrogens (tertiary/aromatic N) is 1. The molecule has 2 aliphatic rings. The summed E-state index contributed by atoms with van der Waals surface area (Å²) in [7, 11) is 0. The Morgan fingerprint density at radius 2 is 1.96 bits per heavy atom. The lowest BCUT2D eigenvalue weighted by atomic mass is 10.0. The number of non-ortho nitro benzene ring substituents is 1. The highest BCUT2D eigenvalue weighted by atomic mass is 19.1. The summed E-state index contributed by atoms with van der Waals surface area (Å²) in [6.45, 7) is 3.08. The Balaban J connectivity index is 1.57. The average molecular weight is 387 g/mol. The molecule has 1 N–H and O–H groups in total. The highest BCUT2D eigenvalue weighted by Gasteiger charge is 2.39. The van der Waals surface area contributed by atoms with Crippen LogP contribution < -0.4 is 14.4 Å². The molecule has 7 nitrogen and oxygen atoms in total. The van der Waals surface area contributed by atoms with Crippen LogP contribution in [0, 0.1) is 15.9 Å². The summed E-state index contributed by atoms with van der Waals surface area (Å²) in [5.74, 6) is 1.56. The van der Waals surface area contributed by atoms with Crippen molar-refractivity contribution in [3.8, 4) is 11.5 Å². The topological polar surface area (TPSA) is 75.3 Å². The van der Waals surface area contributed by atoms with Gasteiger partial charge in [0.05, 0.1) is 23.7 Å².